The summed E-state index contributed by atoms with van der Waals surface area (Å²) in [5.41, 5.74) is 6.29. The second-order valence-corrected chi connectivity index (χ2v) is 9.54. The number of fused-ring (bicyclic) bond motifs is 4. The number of ether oxygens (including phenoxy) is 1. The number of nitrogens with one attached hydrogen (secondary N) is 2. The molecule has 1 fully saturated rings. The highest BCUT2D eigenvalue weighted by atomic mass is 19.1. The van der Waals surface area contributed by atoms with Crippen LogP contribution in [-0.2, 0) is 16.7 Å². The van der Waals surface area contributed by atoms with Gasteiger partial charge in [0.25, 0.3) is 5.91 Å². The second kappa shape index (κ2) is 8.04. The summed E-state index contributed by atoms with van der Waals surface area (Å²) in [7, 11) is 0. The zero-order valence-electron chi connectivity index (χ0n) is 19.4. The maximum atomic E-state index is 13.6. The molecule has 4 aromatic rings. The van der Waals surface area contributed by atoms with Gasteiger partial charge in [-0.05, 0) is 36.6 Å². The quantitative estimate of drug-likeness (QED) is 0.459. The lowest BCUT2D eigenvalue weighted by molar-refractivity contribution is 0.0468. The van der Waals surface area contributed by atoms with Gasteiger partial charge in [0.05, 0.1) is 28.8 Å². The van der Waals surface area contributed by atoms with E-state index in [1.54, 1.807) is 23.0 Å². The Morgan fingerprint density at radius 1 is 1.14 bits per heavy atom. The maximum absolute atomic E-state index is 13.6. The van der Waals surface area contributed by atoms with Gasteiger partial charge in [-0.1, -0.05) is 12.1 Å². The summed E-state index contributed by atoms with van der Waals surface area (Å²) in [4.78, 5) is 26.1. The molecule has 8 nitrogen and oxygen atoms in total. The van der Waals surface area contributed by atoms with Crippen molar-refractivity contribution in [1.82, 2.24) is 19.7 Å². The number of rotatable bonds is 3. The third kappa shape index (κ3) is 3.27. The van der Waals surface area contributed by atoms with Crippen LogP contribution in [0.5, 0.6) is 0 Å². The summed E-state index contributed by atoms with van der Waals surface area (Å²) in [6.07, 6.45) is 6.87. The monoisotopic (exact) mass is 482 g/mol. The standard InChI is InChI=1S/C27H23FN6O2/c28-16-5-8-34-22(14-30-24(34)11-16)17-1-3-20(25-18(17)12-31-26(25)35)32-23-4-2-19-21(33-23)13-29-15-27(19)6-9-36-10-7-27/h1-5,8,11-12,14,29H,6-7,9-10,13,15H2,(H,32,33). The molecule has 9 heteroatoms. The number of anilines is 2. The van der Waals surface area contributed by atoms with Gasteiger partial charge in [0.1, 0.15) is 17.3 Å². The molecule has 6 heterocycles. The van der Waals surface area contributed by atoms with E-state index in [4.69, 9.17) is 9.72 Å². The number of aromatic nitrogens is 3. The van der Waals surface area contributed by atoms with Gasteiger partial charge in [-0.3, -0.25) is 9.20 Å². The minimum absolute atomic E-state index is 0.0704. The Bertz CT molecular complexity index is 1570. The number of carbonyl (C=O) groups is 1. The number of carbonyl (C=O) groups excluding carboxylic acids is 1. The third-order valence-corrected chi connectivity index (χ3v) is 7.54. The van der Waals surface area contributed by atoms with Gasteiger partial charge in [0.15, 0.2) is 0 Å². The average molecular weight is 483 g/mol. The first-order valence-corrected chi connectivity index (χ1v) is 12.1. The highest BCUT2D eigenvalue weighted by Crippen LogP contribution is 2.39. The van der Waals surface area contributed by atoms with Crippen molar-refractivity contribution in [2.75, 3.05) is 25.1 Å². The van der Waals surface area contributed by atoms with Crippen LogP contribution in [0.1, 0.15) is 40.0 Å². The minimum Gasteiger partial charge on any atom is -0.381 e. The molecule has 0 radical (unpaired) electrons. The summed E-state index contributed by atoms with van der Waals surface area (Å²) in [6, 6.07) is 10.7. The normalized spacial score (nSPS) is 18.0. The van der Waals surface area contributed by atoms with E-state index in [-0.39, 0.29) is 17.1 Å². The number of hydrogen-bond acceptors (Lipinski definition) is 6. The van der Waals surface area contributed by atoms with E-state index >= 15 is 0 Å². The van der Waals surface area contributed by atoms with Crippen molar-refractivity contribution in [2.24, 2.45) is 4.99 Å². The van der Waals surface area contributed by atoms with Crippen LogP contribution in [0.15, 0.2) is 53.8 Å². The molecule has 0 bridgehead atoms. The van der Waals surface area contributed by atoms with E-state index in [0.717, 1.165) is 49.6 Å². The third-order valence-electron chi connectivity index (χ3n) is 7.54. The van der Waals surface area contributed by atoms with Crippen LogP contribution < -0.4 is 10.6 Å². The van der Waals surface area contributed by atoms with Crippen LogP contribution in [-0.4, -0.2) is 46.2 Å². The number of hydrogen-bond donors (Lipinski definition) is 2. The molecule has 1 saturated heterocycles. The van der Waals surface area contributed by atoms with Crippen molar-refractivity contribution in [3.05, 3.63) is 77.0 Å². The van der Waals surface area contributed by atoms with Crippen LogP contribution in [0.2, 0.25) is 0 Å². The largest absolute Gasteiger partial charge is 0.381 e. The number of amides is 1. The number of aliphatic imine (C=N–C) groups is 1. The van der Waals surface area contributed by atoms with Gasteiger partial charge >= 0.3 is 0 Å². The second-order valence-electron chi connectivity index (χ2n) is 9.54. The minimum atomic E-state index is -0.350. The summed E-state index contributed by atoms with van der Waals surface area (Å²) in [5.74, 6) is 0.0197. The Balaban J connectivity index is 1.26. The molecule has 36 heavy (non-hydrogen) atoms. The van der Waals surface area contributed by atoms with E-state index < -0.39 is 0 Å². The lowest BCUT2D eigenvalue weighted by Gasteiger charge is -2.41. The Kier molecular flexibility index (Phi) is 4.77. The van der Waals surface area contributed by atoms with Crippen LogP contribution in [0, 0.1) is 5.82 Å². The van der Waals surface area contributed by atoms with E-state index in [0.29, 0.717) is 34.8 Å². The molecular weight excluding hydrogens is 459 g/mol. The van der Waals surface area contributed by atoms with Crippen molar-refractivity contribution in [3.8, 4) is 11.3 Å². The first kappa shape index (κ1) is 21.3. The first-order valence-electron chi connectivity index (χ1n) is 12.1. The number of nitrogens with zero attached hydrogens (tertiary/aromatic N) is 4. The molecular formula is C27H23FN6O2. The number of imidazole rings is 1. The fraction of sp³-hybridized carbons (Fsp3) is 0.259. The van der Waals surface area contributed by atoms with Crippen molar-refractivity contribution in [2.45, 2.75) is 24.8 Å². The van der Waals surface area contributed by atoms with Crippen molar-refractivity contribution < 1.29 is 13.9 Å². The number of halogens is 1. The van der Waals surface area contributed by atoms with Crippen LogP contribution >= 0.6 is 0 Å². The van der Waals surface area contributed by atoms with Gasteiger partial charge in [0.2, 0.25) is 0 Å². The van der Waals surface area contributed by atoms with Gasteiger partial charge in [-0.15, -0.1) is 0 Å². The molecule has 0 atom stereocenters. The molecule has 3 aliphatic rings. The maximum Gasteiger partial charge on any atom is 0.279 e. The SMILES string of the molecule is O=C1N=Cc2c(-c3cnc4cc(F)ccn34)ccc(Nc3ccc4c(n3)CNCC43CCOCC3)c21. The average Bonchev–Trinajstić information content (AvgIpc) is 3.49. The Morgan fingerprint density at radius 3 is 2.92 bits per heavy atom. The molecule has 2 N–H and O–H groups in total. The Labute approximate surface area is 206 Å². The van der Waals surface area contributed by atoms with Crippen molar-refractivity contribution in [1.29, 1.82) is 0 Å². The van der Waals surface area contributed by atoms with Gasteiger partial charge < -0.3 is 15.4 Å². The number of benzene rings is 1. The van der Waals surface area contributed by atoms with E-state index in [9.17, 15) is 9.18 Å². The van der Waals surface area contributed by atoms with Gasteiger partial charge in [-0.25, -0.2) is 19.4 Å². The molecule has 7 rings (SSSR count). The molecule has 1 aromatic carbocycles. The highest BCUT2D eigenvalue weighted by Gasteiger charge is 2.38. The molecule has 0 aliphatic carbocycles. The molecule has 0 unspecified atom stereocenters. The van der Waals surface area contributed by atoms with Crippen molar-refractivity contribution in [3.63, 3.8) is 0 Å². The molecule has 1 amide bonds. The predicted octanol–water partition coefficient (Wildman–Crippen LogP) is 4.00. The summed E-state index contributed by atoms with van der Waals surface area (Å²) in [6.45, 7) is 3.18. The zero-order valence-corrected chi connectivity index (χ0v) is 19.4. The Hall–Kier alpha value is -3.95. The highest BCUT2D eigenvalue weighted by molar-refractivity contribution is 6.19. The van der Waals surface area contributed by atoms with Crippen LogP contribution in [0.4, 0.5) is 15.9 Å². The Morgan fingerprint density at radius 2 is 2.03 bits per heavy atom. The molecule has 180 valence electrons. The molecule has 3 aliphatic heterocycles. The zero-order chi connectivity index (χ0) is 24.3. The first-order chi connectivity index (χ1) is 17.6. The summed E-state index contributed by atoms with van der Waals surface area (Å²) < 4.78 is 21.1. The lowest BCUT2D eigenvalue weighted by Crippen LogP contribution is -2.47. The molecule has 3 aromatic heterocycles. The van der Waals surface area contributed by atoms with Gasteiger partial charge in [0, 0.05) is 61.3 Å². The van der Waals surface area contributed by atoms with E-state index in [1.807, 2.05) is 18.2 Å². The van der Waals surface area contributed by atoms with Gasteiger partial charge in [-0.2, -0.15) is 0 Å². The molecule has 0 saturated carbocycles. The van der Waals surface area contributed by atoms with Crippen LogP contribution in [0.3, 0.4) is 0 Å². The number of pyridine rings is 2. The summed E-state index contributed by atoms with van der Waals surface area (Å²) in [5, 5.41) is 6.89. The van der Waals surface area contributed by atoms with E-state index in [1.165, 1.54) is 17.7 Å². The van der Waals surface area contributed by atoms with E-state index in [2.05, 4.69) is 26.7 Å². The van der Waals surface area contributed by atoms with Crippen molar-refractivity contribution >= 4 is 29.3 Å². The fourth-order valence-electron chi connectivity index (χ4n) is 5.70. The predicted molar refractivity (Wildman–Crippen MR) is 133 cm³/mol. The summed E-state index contributed by atoms with van der Waals surface area (Å²) >= 11 is 0. The molecule has 1 spiro atoms. The fourth-order valence-corrected chi connectivity index (χ4v) is 5.70. The topological polar surface area (TPSA) is 92.9 Å². The smallest absolute Gasteiger partial charge is 0.279 e. The lowest BCUT2D eigenvalue weighted by atomic mass is 9.72. The van der Waals surface area contributed by atoms with Crippen LogP contribution in [0.25, 0.3) is 16.9 Å².